The Labute approximate surface area is 197 Å². The summed E-state index contributed by atoms with van der Waals surface area (Å²) < 4.78 is 14.2. The lowest BCUT2D eigenvalue weighted by atomic mass is 9.94. The molecule has 33 heavy (non-hydrogen) atoms. The van der Waals surface area contributed by atoms with Gasteiger partial charge in [0, 0.05) is 49.9 Å². The second-order valence-electron chi connectivity index (χ2n) is 9.39. The van der Waals surface area contributed by atoms with E-state index in [0.29, 0.717) is 0 Å². The molecule has 1 atom stereocenters. The summed E-state index contributed by atoms with van der Waals surface area (Å²) in [6.45, 7) is 11.9. The summed E-state index contributed by atoms with van der Waals surface area (Å²) in [6, 6.07) is 15.3. The van der Waals surface area contributed by atoms with Crippen molar-refractivity contribution in [1.82, 2.24) is 15.1 Å². The number of piperidine rings is 1. The van der Waals surface area contributed by atoms with Gasteiger partial charge in [0.2, 0.25) is 5.91 Å². The Hall–Kier alpha value is -2.44. The van der Waals surface area contributed by atoms with Gasteiger partial charge in [0.1, 0.15) is 5.82 Å². The molecule has 6 heteroatoms. The molecular formula is C27H37FN4O. The third-order valence-corrected chi connectivity index (χ3v) is 7.18. The monoisotopic (exact) mass is 452 g/mol. The van der Waals surface area contributed by atoms with E-state index in [1.807, 2.05) is 19.1 Å². The van der Waals surface area contributed by atoms with Crippen LogP contribution in [0.25, 0.3) is 0 Å². The summed E-state index contributed by atoms with van der Waals surface area (Å²) in [5, 5.41) is 3.20. The highest BCUT2D eigenvalue weighted by molar-refractivity contribution is 5.79. The van der Waals surface area contributed by atoms with Gasteiger partial charge in [-0.3, -0.25) is 9.69 Å². The first kappa shape index (κ1) is 23.7. The minimum atomic E-state index is -0.253. The molecule has 1 N–H and O–H groups in total. The van der Waals surface area contributed by atoms with E-state index < -0.39 is 0 Å². The van der Waals surface area contributed by atoms with Crippen LogP contribution in [0.5, 0.6) is 0 Å². The van der Waals surface area contributed by atoms with Crippen molar-refractivity contribution in [1.29, 1.82) is 0 Å². The van der Waals surface area contributed by atoms with Crippen LogP contribution < -0.4 is 10.2 Å². The molecule has 0 aliphatic carbocycles. The molecule has 0 radical (unpaired) electrons. The van der Waals surface area contributed by atoms with Crippen LogP contribution in [0.2, 0.25) is 0 Å². The molecule has 0 spiro atoms. The number of nitrogens with one attached hydrogen (secondary N) is 1. The van der Waals surface area contributed by atoms with Crippen LogP contribution in [0.4, 0.5) is 10.1 Å². The van der Waals surface area contributed by atoms with Crippen LogP contribution in [0.1, 0.15) is 43.9 Å². The Kier molecular flexibility index (Phi) is 7.99. The molecule has 2 aromatic rings. The lowest BCUT2D eigenvalue weighted by Gasteiger charge is -2.37. The molecule has 1 amide bonds. The molecular weight excluding hydrogens is 415 g/mol. The predicted octanol–water partition coefficient (Wildman–Crippen LogP) is 4.06. The van der Waals surface area contributed by atoms with E-state index in [4.69, 9.17) is 0 Å². The van der Waals surface area contributed by atoms with Crippen molar-refractivity contribution in [2.45, 2.75) is 39.3 Å². The number of halogens is 1. The number of nitrogens with zero attached hydrogens (tertiary/aromatic N) is 3. The second kappa shape index (κ2) is 11.1. The maximum Gasteiger partial charge on any atom is 0.223 e. The third-order valence-electron chi connectivity index (χ3n) is 7.18. The highest BCUT2D eigenvalue weighted by Gasteiger charge is 2.27. The number of amides is 1. The van der Waals surface area contributed by atoms with E-state index in [1.165, 1.54) is 11.6 Å². The van der Waals surface area contributed by atoms with Crippen LogP contribution in [0.3, 0.4) is 0 Å². The van der Waals surface area contributed by atoms with Crippen LogP contribution in [0.15, 0.2) is 48.5 Å². The number of likely N-dealkylation sites (N-methyl/N-ethyl adjacent to an activating group) is 1. The van der Waals surface area contributed by atoms with Gasteiger partial charge in [-0.25, -0.2) is 4.39 Å². The van der Waals surface area contributed by atoms with Gasteiger partial charge in [0.15, 0.2) is 0 Å². The highest BCUT2D eigenvalue weighted by atomic mass is 19.1. The number of rotatable bonds is 7. The zero-order chi connectivity index (χ0) is 23.2. The van der Waals surface area contributed by atoms with Gasteiger partial charge in [-0.2, -0.15) is 0 Å². The first-order valence-electron chi connectivity index (χ1n) is 12.4. The summed E-state index contributed by atoms with van der Waals surface area (Å²) in [4.78, 5) is 20.2. The SMILES string of the molecule is CCN1CCN(c2ccc(F)cc2[C@H](C)NC(=O)C2CCN(Cc3ccccc3)CC2)CC1. The van der Waals surface area contributed by atoms with E-state index in [2.05, 4.69) is 51.2 Å². The van der Waals surface area contributed by atoms with E-state index in [-0.39, 0.29) is 23.7 Å². The number of carbonyl (C=O) groups excluding carboxylic acids is 1. The zero-order valence-electron chi connectivity index (χ0n) is 20.0. The molecule has 0 aromatic heterocycles. The lowest BCUT2D eigenvalue weighted by molar-refractivity contribution is -0.127. The van der Waals surface area contributed by atoms with Crippen LogP contribution in [-0.2, 0) is 11.3 Å². The Balaban J connectivity index is 1.34. The van der Waals surface area contributed by atoms with E-state index >= 15 is 0 Å². The molecule has 0 saturated carbocycles. The van der Waals surface area contributed by atoms with Gasteiger partial charge in [0.05, 0.1) is 6.04 Å². The maximum atomic E-state index is 14.2. The number of piperazine rings is 1. The maximum absolute atomic E-state index is 14.2. The summed E-state index contributed by atoms with van der Waals surface area (Å²) in [7, 11) is 0. The summed E-state index contributed by atoms with van der Waals surface area (Å²) in [5.74, 6) is -0.145. The second-order valence-corrected chi connectivity index (χ2v) is 9.39. The Morgan fingerprint density at radius 3 is 2.36 bits per heavy atom. The van der Waals surface area contributed by atoms with Crippen molar-refractivity contribution >= 4 is 11.6 Å². The number of benzene rings is 2. The largest absolute Gasteiger partial charge is 0.369 e. The normalized spacial score (nSPS) is 19.4. The van der Waals surface area contributed by atoms with Crippen molar-refractivity contribution in [2.75, 3.05) is 50.7 Å². The van der Waals surface area contributed by atoms with E-state index in [9.17, 15) is 9.18 Å². The van der Waals surface area contributed by atoms with Crippen molar-refractivity contribution in [3.05, 3.63) is 65.5 Å². The molecule has 2 fully saturated rings. The van der Waals surface area contributed by atoms with Gasteiger partial charge in [-0.05, 0) is 63.2 Å². The Morgan fingerprint density at radius 1 is 1.00 bits per heavy atom. The summed E-state index contributed by atoms with van der Waals surface area (Å²) in [5.41, 5.74) is 3.22. The summed E-state index contributed by atoms with van der Waals surface area (Å²) >= 11 is 0. The minimum Gasteiger partial charge on any atom is -0.369 e. The fourth-order valence-electron chi connectivity index (χ4n) is 5.07. The molecule has 2 aliphatic heterocycles. The average molecular weight is 453 g/mol. The predicted molar refractivity (Wildman–Crippen MR) is 132 cm³/mol. The van der Waals surface area contributed by atoms with Crippen LogP contribution in [0, 0.1) is 11.7 Å². The number of hydrogen-bond acceptors (Lipinski definition) is 4. The topological polar surface area (TPSA) is 38.8 Å². The summed E-state index contributed by atoms with van der Waals surface area (Å²) in [6.07, 6.45) is 1.72. The first-order chi connectivity index (χ1) is 16.0. The van der Waals surface area contributed by atoms with Crippen molar-refractivity contribution in [3.63, 3.8) is 0 Å². The number of carbonyl (C=O) groups is 1. The lowest BCUT2D eigenvalue weighted by Crippen LogP contribution is -2.46. The van der Waals surface area contributed by atoms with Crippen molar-refractivity contribution in [2.24, 2.45) is 5.92 Å². The molecule has 178 valence electrons. The van der Waals surface area contributed by atoms with Gasteiger partial charge in [0.25, 0.3) is 0 Å². The fraction of sp³-hybridized carbons (Fsp3) is 0.519. The van der Waals surface area contributed by atoms with Gasteiger partial charge >= 0.3 is 0 Å². The molecule has 0 bridgehead atoms. The average Bonchev–Trinajstić information content (AvgIpc) is 2.85. The molecule has 0 unspecified atom stereocenters. The molecule has 5 nitrogen and oxygen atoms in total. The van der Waals surface area contributed by atoms with Gasteiger partial charge in [-0.15, -0.1) is 0 Å². The quantitative estimate of drug-likeness (QED) is 0.688. The smallest absolute Gasteiger partial charge is 0.223 e. The first-order valence-corrected chi connectivity index (χ1v) is 12.4. The third kappa shape index (κ3) is 6.12. The van der Waals surface area contributed by atoms with Gasteiger partial charge < -0.3 is 15.1 Å². The van der Waals surface area contributed by atoms with Gasteiger partial charge in [-0.1, -0.05) is 37.3 Å². The minimum absolute atomic E-state index is 0.0181. The number of likely N-dealkylation sites (tertiary alicyclic amines) is 1. The van der Waals surface area contributed by atoms with Crippen LogP contribution in [-0.4, -0.2) is 61.5 Å². The molecule has 2 aromatic carbocycles. The molecule has 4 rings (SSSR count). The van der Waals surface area contributed by atoms with Crippen molar-refractivity contribution in [3.8, 4) is 0 Å². The Morgan fingerprint density at radius 2 is 1.70 bits per heavy atom. The van der Waals surface area contributed by atoms with Crippen molar-refractivity contribution < 1.29 is 9.18 Å². The van der Waals surface area contributed by atoms with E-state index in [0.717, 1.165) is 76.5 Å². The zero-order valence-corrected chi connectivity index (χ0v) is 20.0. The highest BCUT2D eigenvalue weighted by Crippen LogP contribution is 2.29. The fourth-order valence-corrected chi connectivity index (χ4v) is 5.07. The number of anilines is 1. The standard InChI is InChI=1S/C27H37FN4O/c1-3-30-15-17-32(18-16-30)26-10-9-24(28)19-25(26)21(2)29-27(33)23-11-13-31(14-12-23)20-22-7-5-4-6-8-22/h4-10,19,21,23H,3,11-18,20H2,1-2H3,(H,29,33)/t21-/m0/s1. The molecule has 2 aliphatic rings. The number of hydrogen-bond donors (Lipinski definition) is 1. The molecule has 2 saturated heterocycles. The van der Waals surface area contributed by atoms with E-state index in [1.54, 1.807) is 6.07 Å². The molecule has 2 heterocycles. The Bertz CT molecular complexity index is 906. The van der Waals surface area contributed by atoms with Crippen LogP contribution >= 0.6 is 0 Å².